The summed E-state index contributed by atoms with van der Waals surface area (Å²) in [5.41, 5.74) is 0. The van der Waals surface area contributed by atoms with Crippen LogP contribution in [0.4, 0.5) is 0 Å². The van der Waals surface area contributed by atoms with E-state index in [1.807, 2.05) is 36.4 Å². The molecule has 0 amide bonds. The minimum Gasteiger partial charge on any atom is -0.491 e. The van der Waals surface area contributed by atoms with Crippen molar-refractivity contribution in [1.82, 2.24) is 4.90 Å². The Hall–Kier alpha value is -1.98. The molecule has 2 unspecified atom stereocenters. The maximum atomic E-state index is 10.4. The SMILES string of the molecule is OC(COc1ccc2ccccc2c1)CN1CCC(Oc2ccc(Cl)c(Cl)c2)C1. The van der Waals surface area contributed by atoms with Gasteiger partial charge in [-0.3, -0.25) is 4.90 Å². The largest absolute Gasteiger partial charge is 0.491 e. The molecule has 1 fully saturated rings. The second kappa shape index (κ2) is 9.23. The lowest BCUT2D eigenvalue weighted by Crippen LogP contribution is -2.35. The molecule has 152 valence electrons. The van der Waals surface area contributed by atoms with Crippen molar-refractivity contribution in [3.63, 3.8) is 0 Å². The van der Waals surface area contributed by atoms with Crippen molar-refractivity contribution in [3.8, 4) is 11.5 Å². The van der Waals surface area contributed by atoms with Gasteiger partial charge in [0.25, 0.3) is 0 Å². The zero-order chi connectivity index (χ0) is 20.2. The fraction of sp³-hybridized carbons (Fsp3) is 0.304. The second-order valence-corrected chi connectivity index (χ2v) is 8.15. The van der Waals surface area contributed by atoms with Gasteiger partial charge in [0.05, 0.1) is 10.0 Å². The molecule has 0 radical (unpaired) electrons. The molecule has 1 N–H and O–H groups in total. The van der Waals surface area contributed by atoms with Gasteiger partial charge in [-0.1, -0.05) is 53.5 Å². The lowest BCUT2D eigenvalue weighted by atomic mass is 10.1. The number of β-amino-alcohol motifs (C(OH)–C–C–N with tert-alkyl or cyclic N) is 1. The number of rotatable bonds is 7. The number of hydrogen-bond donors (Lipinski definition) is 1. The lowest BCUT2D eigenvalue weighted by Gasteiger charge is -2.20. The van der Waals surface area contributed by atoms with Crippen LogP contribution in [0.1, 0.15) is 6.42 Å². The van der Waals surface area contributed by atoms with Crippen molar-refractivity contribution in [2.75, 3.05) is 26.2 Å². The zero-order valence-corrected chi connectivity index (χ0v) is 17.4. The molecule has 0 spiro atoms. The Kier molecular flexibility index (Phi) is 6.46. The molecule has 3 aromatic rings. The van der Waals surface area contributed by atoms with Gasteiger partial charge in [-0.05, 0) is 41.5 Å². The van der Waals surface area contributed by atoms with Crippen LogP contribution in [0.3, 0.4) is 0 Å². The molecule has 0 aromatic heterocycles. The Morgan fingerprint density at radius 3 is 2.59 bits per heavy atom. The monoisotopic (exact) mass is 431 g/mol. The highest BCUT2D eigenvalue weighted by molar-refractivity contribution is 6.42. The maximum Gasteiger partial charge on any atom is 0.121 e. The van der Waals surface area contributed by atoms with Crippen molar-refractivity contribution < 1.29 is 14.6 Å². The van der Waals surface area contributed by atoms with Crippen LogP contribution >= 0.6 is 23.2 Å². The first-order valence-corrected chi connectivity index (χ1v) is 10.5. The van der Waals surface area contributed by atoms with E-state index in [-0.39, 0.29) is 12.7 Å². The Balaban J connectivity index is 1.24. The number of aliphatic hydroxyl groups excluding tert-OH is 1. The van der Waals surface area contributed by atoms with Crippen LogP contribution < -0.4 is 9.47 Å². The van der Waals surface area contributed by atoms with Crippen LogP contribution in [0, 0.1) is 0 Å². The third kappa shape index (κ3) is 5.34. The number of aliphatic hydroxyl groups is 1. The maximum absolute atomic E-state index is 10.4. The molecule has 0 bridgehead atoms. The van der Waals surface area contributed by atoms with Crippen molar-refractivity contribution >= 4 is 34.0 Å². The number of fused-ring (bicyclic) bond motifs is 1. The van der Waals surface area contributed by atoms with Crippen molar-refractivity contribution in [2.24, 2.45) is 0 Å². The van der Waals surface area contributed by atoms with Gasteiger partial charge in [0.2, 0.25) is 0 Å². The molecular weight excluding hydrogens is 409 g/mol. The second-order valence-electron chi connectivity index (χ2n) is 7.34. The van der Waals surface area contributed by atoms with Gasteiger partial charge in [-0.25, -0.2) is 0 Å². The van der Waals surface area contributed by atoms with E-state index >= 15 is 0 Å². The Bertz CT molecular complexity index is 981. The fourth-order valence-electron chi connectivity index (χ4n) is 3.60. The van der Waals surface area contributed by atoms with E-state index in [9.17, 15) is 5.11 Å². The smallest absolute Gasteiger partial charge is 0.121 e. The van der Waals surface area contributed by atoms with Gasteiger partial charge in [0.1, 0.15) is 30.3 Å². The highest BCUT2D eigenvalue weighted by atomic mass is 35.5. The van der Waals surface area contributed by atoms with Gasteiger partial charge in [-0.15, -0.1) is 0 Å². The van der Waals surface area contributed by atoms with E-state index < -0.39 is 6.10 Å². The summed E-state index contributed by atoms with van der Waals surface area (Å²) in [6.07, 6.45) is 0.407. The lowest BCUT2D eigenvalue weighted by molar-refractivity contribution is 0.0720. The molecule has 3 aromatic carbocycles. The standard InChI is InChI=1S/C23H23Cl2NO3/c24-22-8-7-20(12-23(22)25)29-21-9-10-26(14-21)13-18(27)15-28-19-6-5-16-3-1-2-4-17(16)11-19/h1-8,11-12,18,21,27H,9-10,13-15H2. The molecule has 6 heteroatoms. The van der Waals surface area contributed by atoms with Crippen LogP contribution in [-0.2, 0) is 0 Å². The van der Waals surface area contributed by atoms with Crippen LogP contribution in [-0.4, -0.2) is 48.5 Å². The third-order valence-electron chi connectivity index (χ3n) is 5.06. The van der Waals surface area contributed by atoms with Crippen molar-refractivity contribution in [1.29, 1.82) is 0 Å². The number of benzene rings is 3. The highest BCUT2D eigenvalue weighted by Gasteiger charge is 2.26. The number of halogens is 2. The quantitative estimate of drug-likeness (QED) is 0.568. The summed E-state index contributed by atoms with van der Waals surface area (Å²) in [6.45, 7) is 2.44. The molecule has 1 heterocycles. The number of nitrogens with zero attached hydrogens (tertiary/aromatic N) is 1. The van der Waals surface area contributed by atoms with E-state index in [2.05, 4.69) is 17.0 Å². The average molecular weight is 432 g/mol. The Morgan fingerprint density at radius 2 is 1.76 bits per heavy atom. The van der Waals surface area contributed by atoms with Gasteiger partial charge in [0, 0.05) is 25.7 Å². The normalized spacial score (nSPS) is 18.1. The molecule has 0 saturated carbocycles. The number of ether oxygens (including phenoxy) is 2. The van der Waals surface area contributed by atoms with E-state index in [0.717, 1.165) is 30.6 Å². The minimum absolute atomic E-state index is 0.0702. The zero-order valence-electron chi connectivity index (χ0n) is 15.9. The van der Waals surface area contributed by atoms with Crippen LogP contribution in [0.2, 0.25) is 10.0 Å². The molecule has 29 heavy (non-hydrogen) atoms. The summed E-state index contributed by atoms with van der Waals surface area (Å²) in [5.74, 6) is 1.48. The number of likely N-dealkylation sites (tertiary alicyclic amines) is 1. The van der Waals surface area contributed by atoms with E-state index in [4.69, 9.17) is 32.7 Å². The van der Waals surface area contributed by atoms with E-state index in [1.54, 1.807) is 12.1 Å². The van der Waals surface area contributed by atoms with Gasteiger partial charge < -0.3 is 14.6 Å². The molecule has 2 atom stereocenters. The first-order valence-electron chi connectivity index (χ1n) is 9.70. The van der Waals surface area contributed by atoms with Crippen LogP contribution in [0.15, 0.2) is 60.7 Å². The molecule has 1 saturated heterocycles. The predicted molar refractivity (Wildman–Crippen MR) is 117 cm³/mol. The fourth-order valence-corrected chi connectivity index (χ4v) is 3.89. The molecule has 1 aliphatic rings. The predicted octanol–water partition coefficient (Wildman–Crippen LogP) is 5.04. The number of hydrogen-bond acceptors (Lipinski definition) is 4. The Morgan fingerprint density at radius 1 is 0.966 bits per heavy atom. The first kappa shape index (κ1) is 20.3. The van der Waals surface area contributed by atoms with Gasteiger partial charge >= 0.3 is 0 Å². The first-order chi connectivity index (χ1) is 14.1. The van der Waals surface area contributed by atoms with E-state index in [1.165, 1.54) is 5.39 Å². The molecule has 4 nitrogen and oxygen atoms in total. The van der Waals surface area contributed by atoms with Gasteiger partial charge in [-0.2, -0.15) is 0 Å². The molecule has 4 rings (SSSR count). The molecular formula is C23H23Cl2NO3. The summed E-state index contributed by atoms with van der Waals surface area (Å²) in [4.78, 5) is 2.19. The summed E-state index contributed by atoms with van der Waals surface area (Å²) in [5, 5.41) is 13.7. The van der Waals surface area contributed by atoms with Crippen molar-refractivity contribution in [2.45, 2.75) is 18.6 Å². The Labute approximate surface area is 180 Å². The van der Waals surface area contributed by atoms with E-state index in [0.29, 0.717) is 22.3 Å². The summed E-state index contributed by atoms with van der Waals surface area (Å²) in [6, 6.07) is 19.4. The summed E-state index contributed by atoms with van der Waals surface area (Å²) in [7, 11) is 0. The van der Waals surface area contributed by atoms with Gasteiger partial charge in [0.15, 0.2) is 0 Å². The summed E-state index contributed by atoms with van der Waals surface area (Å²) < 4.78 is 11.8. The molecule has 1 aliphatic heterocycles. The third-order valence-corrected chi connectivity index (χ3v) is 5.79. The highest BCUT2D eigenvalue weighted by Crippen LogP contribution is 2.28. The van der Waals surface area contributed by atoms with Crippen LogP contribution in [0.5, 0.6) is 11.5 Å². The summed E-state index contributed by atoms with van der Waals surface area (Å²) >= 11 is 12.0. The minimum atomic E-state index is -0.565. The average Bonchev–Trinajstić information content (AvgIpc) is 3.15. The van der Waals surface area contributed by atoms with Crippen molar-refractivity contribution in [3.05, 3.63) is 70.7 Å². The van der Waals surface area contributed by atoms with Crippen LogP contribution in [0.25, 0.3) is 10.8 Å². The molecule has 0 aliphatic carbocycles. The topological polar surface area (TPSA) is 41.9 Å².